The van der Waals surface area contributed by atoms with Crippen molar-refractivity contribution >= 4 is 21.8 Å². The molecule has 9 nitrogen and oxygen atoms in total. The van der Waals surface area contributed by atoms with Crippen LogP contribution in [-0.4, -0.2) is 65.0 Å². The van der Waals surface area contributed by atoms with Gasteiger partial charge < -0.3 is 4.52 Å². The standard InChI is InChI=1S/C18H26N4O5S/c23-16-4-1-5-17(24)22(16)9-10-28(25,26)21-8-2-3-13(12-21)11-15-19-18(20-27-15)14-6-7-14/h13-14H,1-12H2. The third-order valence-corrected chi connectivity index (χ3v) is 7.54. The number of rotatable bonds is 7. The third-order valence-electron chi connectivity index (χ3n) is 5.72. The predicted octanol–water partition coefficient (Wildman–Crippen LogP) is 1.07. The molecule has 0 bridgehead atoms. The van der Waals surface area contributed by atoms with Crippen molar-refractivity contribution in [1.82, 2.24) is 19.3 Å². The number of imide groups is 1. The van der Waals surface area contributed by atoms with Crippen LogP contribution in [0.25, 0.3) is 0 Å². The maximum absolute atomic E-state index is 12.8. The summed E-state index contributed by atoms with van der Waals surface area (Å²) in [5.74, 6) is 1.15. The topological polar surface area (TPSA) is 114 Å². The van der Waals surface area contributed by atoms with Crippen LogP contribution in [0.15, 0.2) is 4.52 Å². The van der Waals surface area contributed by atoms with Gasteiger partial charge in [0.25, 0.3) is 0 Å². The Morgan fingerprint density at radius 2 is 1.82 bits per heavy atom. The lowest BCUT2D eigenvalue weighted by Crippen LogP contribution is -2.46. The summed E-state index contributed by atoms with van der Waals surface area (Å²) in [6.07, 6.45) is 5.65. The van der Waals surface area contributed by atoms with Crippen molar-refractivity contribution in [2.45, 2.75) is 57.3 Å². The van der Waals surface area contributed by atoms with E-state index in [0.717, 1.165) is 36.4 Å². The second-order valence-corrected chi connectivity index (χ2v) is 10.1. The first-order chi connectivity index (χ1) is 13.4. The van der Waals surface area contributed by atoms with Gasteiger partial charge in [-0.1, -0.05) is 5.16 Å². The predicted molar refractivity (Wildman–Crippen MR) is 98.6 cm³/mol. The van der Waals surface area contributed by atoms with Gasteiger partial charge in [-0.25, -0.2) is 12.7 Å². The smallest absolute Gasteiger partial charge is 0.229 e. The van der Waals surface area contributed by atoms with Gasteiger partial charge in [0, 0.05) is 44.8 Å². The monoisotopic (exact) mass is 410 g/mol. The first-order valence-electron chi connectivity index (χ1n) is 10.1. The maximum atomic E-state index is 12.8. The fourth-order valence-electron chi connectivity index (χ4n) is 3.94. The highest BCUT2D eigenvalue weighted by Gasteiger charge is 2.33. The minimum absolute atomic E-state index is 0.0599. The molecule has 4 rings (SSSR count). The van der Waals surface area contributed by atoms with E-state index in [-0.39, 0.29) is 30.0 Å². The maximum Gasteiger partial charge on any atom is 0.229 e. The fourth-order valence-corrected chi connectivity index (χ4v) is 5.45. The van der Waals surface area contributed by atoms with Crippen LogP contribution >= 0.6 is 0 Å². The van der Waals surface area contributed by atoms with Crippen LogP contribution in [0.1, 0.15) is 62.6 Å². The van der Waals surface area contributed by atoms with E-state index >= 15 is 0 Å². The zero-order valence-corrected chi connectivity index (χ0v) is 16.7. The van der Waals surface area contributed by atoms with E-state index in [9.17, 15) is 18.0 Å². The highest BCUT2D eigenvalue weighted by molar-refractivity contribution is 7.89. The zero-order chi connectivity index (χ0) is 19.7. The van der Waals surface area contributed by atoms with Crippen molar-refractivity contribution in [3.05, 3.63) is 11.7 Å². The number of carbonyl (C=O) groups is 2. The number of hydrogen-bond donors (Lipinski definition) is 0. The molecule has 0 N–H and O–H groups in total. The fraction of sp³-hybridized carbons (Fsp3) is 0.778. The molecule has 0 radical (unpaired) electrons. The number of amides is 2. The van der Waals surface area contributed by atoms with Crippen LogP contribution in [0, 0.1) is 5.92 Å². The van der Waals surface area contributed by atoms with Crippen molar-refractivity contribution in [3.8, 4) is 0 Å². The second kappa shape index (κ2) is 7.90. The van der Waals surface area contributed by atoms with E-state index in [0.29, 0.717) is 50.6 Å². The van der Waals surface area contributed by atoms with E-state index in [2.05, 4.69) is 10.1 Å². The van der Waals surface area contributed by atoms with Crippen molar-refractivity contribution < 1.29 is 22.5 Å². The summed E-state index contributed by atoms with van der Waals surface area (Å²) in [7, 11) is -3.53. The Balaban J connectivity index is 1.33. The SMILES string of the molecule is O=C1CCCC(=O)N1CCS(=O)(=O)N1CCCC(Cc2nc(C3CC3)no2)C1. The molecule has 0 spiro atoms. The Kier molecular flexibility index (Phi) is 5.50. The van der Waals surface area contributed by atoms with Crippen LogP contribution in [0.2, 0.25) is 0 Å². The molecule has 1 saturated carbocycles. The number of sulfonamides is 1. The van der Waals surface area contributed by atoms with Crippen molar-refractivity contribution in [1.29, 1.82) is 0 Å². The van der Waals surface area contributed by atoms with E-state index in [1.54, 1.807) is 0 Å². The van der Waals surface area contributed by atoms with E-state index < -0.39 is 10.0 Å². The molecule has 0 aromatic carbocycles. The van der Waals surface area contributed by atoms with Gasteiger partial charge in [-0.2, -0.15) is 4.98 Å². The molecule has 1 aromatic heterocycles. The van der Waals surface area contributed by atoms with Gasteiger partial charge >= 0.3 is 0 Å². The summed E-state index contributed by atoms with van der Waals surface area (Å²) in [6, 6.07) is 0. The molecule has 1 atom stereocenters. The van der Waals surface area contributed by atoms with Crippen molar-refractivity contribution in [2.75, 3.05) is 25.4 Å². The van der Waals surface area contributed by atoms with Gasteiger partial charge in [0.2, 0.25) is 27.7 Å². The molecule has 2 amide bonds. The van der Waals surface area contributed by atoms with Gasteiger partial charge in [-0.3, -0.25) is 14.5 Å². The summed E-state index contributed by atoms with van der Waals surface area (Å²) in [4.78, 5) is 29.3. The summed E-state index contributed by atoms with van der Waals surface area (Å²) in [5.41, 5.74) is 0. The van der Waals surface area contributed by atoms with E-state index in [1.165, 1.54) is 4.31 Å². The lowest BCUT2D eigenvalue weighted by molar-refractivity contribution is -0.147. The molecule has 2 aliphatic heterocycles. The number of nitrogens with zero attached hydrogens (tertiary/aromatic N) is 4. The molecule has 154 valence electrons. The number of aromatic nitrogens is 2. The lowest BCUT2D eigenvalue weighted by atomic mass is 9.96. The van der Waals surface area contributed by atoms with Gasteiger partial charge in [0.15, 0.2) is 5.82 Å². The molecule has 3 heterocycles. The molecule has 2 saturated heterocycles. The Morgan fingerprint density at radius 1 is 1.07 bits per heavy atom. The average molecular weight is 410 g/mol. The Morgan fingerprint density at radius 3 is 2.54 bits per heavy atom. The minimum atomic E-state index is -3.53. The molecule has 28 heavy (non-hydrogen) atoms. The normalized spacial score (nSPS) is 24.7. The second-order valence-electron chi connectivity index (χ2n) is 8.00. The first-order valence-corrected chi connectivity index (χ1v) is 11.7. The van der Waals surface area contributed by atoms with Crippen molar-refractivity contribution in [3.63, 3.8) is 0 Å². The largest absolute Gasteiger partial charge is 0.339 e. The summed E-state index contributed by atoms with van der Waals surface area (Å²) >= 11 is 0. The Bertz CT molecular complexity index is 832. The molecule has 1 aliphatic carbocycles. The van der Waals surface area contributed by atoms with Crippen molar-refractivity contribution in [2.24, 2.45) is 5.92 Å². The summed E-state index contributed by atoms with van der Waals surface area (Å²) in [5, 5.41) is 4.02. The van der Waals surface area contributed by atoms with Gasteiger partial charge in [-0.05, 0) is 38.0 Å². The summed E-state index contributed by atoms with van der Waals surface area (Å²) in [6.45, 7) is 0.818. The third kappa shape index (κ3) is 4.43. The average Bonchev–Trinajstić information content (AvgIpc) is 3.41. The minimum Gasteiger partial charge on any atom is -0.339 e. The van der Waals surface area contributed by atoms with Crippen LogP contribution < -0.4 is 0 Å². The highest BCUT2D eigenvalue weighted by atomic mass is 32.2. The molecule has 3 fully saturated rings. The number of likely N-dealkylation sites (tertiary alicyclic amines) is 1. The van der Waals surface area contributed by atoms with Crippen LogP contribution in [0.4, 0.5) is 0 Å². The molecular formula is C18H26N4O5S. The molecule has 1 aromatic rings. The zero-order valence-electron chi connectivity index (χ0n) is 15.9. The van der Waals surface area contributed by atoms with Gasteiger partial charge in [0.05, 0.1) is 5.75 Å². The number of piperidine rings is 2. The Hall–Kier alpha value is -1.81. The van der Waals surface area contributed by atoms with E-state index in [4.69, 9.17) is 4.52 Å². The first kappa shape index (κ1) is 19.5. The van der Waals surface area contributed by atoms with Gasteiger partial charge in [0.1, 0.15) is 0 Å². The summed E-state index contributed by atoms with van der Waals surface area (Å²) < 4.78 is 32.3. The quantitative estimate of drug-likeness (QED) is 0.618. The number of hydrogen-bond acceptors (Lipinski definition) is 7. The number of carbonyl (C=O) groups excluding carboxylic acids is 2. The van der Waals surface area contributed by atoms with Crippen LogP contribution in [-0.2, 0) is 26.0 Å². The molecule has 10 heteroatoms. The van der Waals surface area contributed by atoms with E-state index in [1.807, 2.05) is 0 Å². The lowest BCUT2D eigenvalue weighted by Gasteiger charge is -2.32. The highest BCUT2D eigenvalue weighted by Crippen LogP contribution is 2.38. The molecule has 1 unspecified atom stereocenters. The van der Waals surface area contributed by atoms with Crippen LogP contribution in [0.5, 0.6) is 0 Å². The molecule has 3 aliphatic rings. The van der Waals surface area contributed by atoms with Gasteiger partial charge in [-0.15, -0.1) is 0 Å². The molecular weight excluding hydrogens is 384 g/mol. The van der Waals surface area contributed by atoms with Crippen LogP contribution in [0.3, 0.4) is 0 Å². The Labute approximate surface area is 164 Å².